The summed E-state index contributed by atoms with van der Waals surface area (Å²) in [7, 11) is 0. The summed E-state index contributed by atoms with van der Waals surface area (Å²) in [6.45, 7) is 3.32. The first-order valence-corrected chi connectivity index (χ1v) is 6.33. The Hall–Kier alpha value is -1.46. The van der Waals surface area contributed by atoms with Gasteiger partial charge in [0.15, 0.2) is 0 Å². The average Bonchev–Trinajstić information content (AvgIpc) is 2.34. The number of nitrogen functional groups attached to an aromatic ring is 2. The predicted octanol–water partition coefficient (Wildman–Crippen LogP) is 0.687. The molecule has 0 aliphatic carbocycles. The zero-order valence-corrected chi connectivity index (χ0v) is 10.5. The highest BCUT2D eigenvalue weighted by atomic mass is 16.5. The molecule has 0 bridgehead atoms. The number of aliphatic hydroxyl groups excluding tert-OH is 1. The molecule has 5 heteroatoms. The van der Waals surface area contributed by atoms with Crippen molar-refractivity contribution in [1.29, 1.82) is 0 Å². The van der Waals surface area contributed by atoms with E-state index in [1.54, 1.807) is 18.2 Å². The van der Waals surface area contributed by atoms with E-state index in [1.807, 2.05) is 0 Å². The Balaban J connectivity index is 1.75. The van der Waals surface area contributed by atoms with Gasteiger partial charge < -0.3 is 21.3 Å². The third-order valence-corrected chi connectivity index (χ3v) is 3.26. The first-order chi connectivity index (χ1) is 8.65. The van der Waals surface area contributed by atoms with Gasteiger partial charge in [0.2, 0.25) is 0 Å². The van der Waals surface area contributed by atoms with Crippen molar-refractivity contribution in [2.24, 2.45) is 0 Å². The van der Waals surface area contributed by atoms with Crippen LogP contribution in [0.1, 0.15) is 12.8 Å². The quantitative estimate of drug-likeness (QED) is 0.685. The van der Waals surface area contributed by atoms with Crippen LogP contribution in [0.2, 0.25) is 0 Å². The van der Waals surface area contributed by atoms with E-state index in [4.69, 9.17) is 16.2 Å². The highest BCUT2D eigenvalue weighted by Gasteiger charge is 2.16. The lowest BCUT2D eigenvalue weighted by Gasteiger charge is -2.29. The summed E-state index contributed by atoms with van der Waals surface area (Å²) in [5.41, 5.74) is 12.6. The van der Waals surface area contributed by atoms with Crippen molar-refractivity contribution in [2.75, 3.05) is 37.7 Å². The lowest BCUT2D eigenvalue weighted by molar-refractivity contribution is 0.0755. The summed E-state index contributed by atoms with van der Waals surface area (Å²) < 4.78 is 5.64. The summed E-state index contributed by atoms with van der Waals surface area (Å²) in [6, 6.07) is 5.28. The van der Waals surface area contributed by atoms with Crippen molar-refractivity contribution >= 4 is 11.4 Å². The van der Waals surface area contributed by atoms with Gasteiger partial charge in [-0.1, -0.05) is 0 Å². The van der Waals surface area contributed by atoms with Gasteiger partial charge in [-0.2, -0.15) is 0 Å². The SMILES string of the molecule is Nc1ccc(OCCN2CCC(O)CC2)c(N)c1. The van der Waals surface area contributed by atoms with Crippen molar-refractivity contribution in [2.45, 2.75) is 18.9 Å². The smallest absolute Gasteiger partial charge is 0.142 e. The van der Waals surface area contributed by atoms with Crippen LogP contribution < -0.4 is 16.2 Å². The number of nitrogens with two attached hydrogens (primary N) is 2. The van der Waals surface area contributed by atoms with E-state index in [2.05, 4.69) is 4.90 Å². The van der Waals surface area contributed by atoms with Crippen molar-refractivity contribution in [3.05, 3.63) is 18.2 Å². The summed E-state index contributed by atoms with van der Waals surface area (Å²) in [4.78, 5) is 2.29. The van der Waals surface area contributed by atoms with Gasteiger partial charge in [0.05, 0.1) is 11.8 Å². The Kier molecular flexibility index (Phi) is 4.28. The first kappa shape index (κ1) is 13.0. The number of benzene rings is 1. The molecule has 0 spiro atoms. The minimum Gasteiger partial charge on any atom is -0.490 e. The highest BCUT2D eigenvalue weighted by Crippen LogP contribution is 2.23. The first-order valence-electron chi connectivity index (χ1n) is 6.33. The Morgan fingerprint density at radius 3 is 2.67 bits per heavy atom. The maximum atomic E-state index is 9.41. The van der Waals surface area contributed by atoms with Crippen molar-refractivity contribution in [3.8, 4) is 5.75 Å². The van der Waals surface area contributed by atoms with Gasteiger partial charge in [0, 0.05) is 25.3 Å². The van der Waals surface area contributed by atoms with Gasteiger partial charge in [0.25, 0.3) is 0 Å². The van der Waals surface area contributed by atoms with E-state index in [-0.39, 0.29) is 6.10 Å². The van der Waals surface area contributed by atoms with Crippen LogP contribution in [0, 0.1) is 0 Å². The second-order valence-corrected chi connectivity index (χ2v) is 4.72. The van der Waals surface area contributed by atoms with E-state index in [9.17, 15) is 5.11 Å². The predicted molar refractivity (Wildman–Crippen MR) is 72.4 cm³/mol. The molecule has 18 heavy (non-hydrogen) atoms. The van der Waals surface area contributed by atoms with E-state index in [0.717, 1.165) is 32.5 Å². The largest absolute Gasteiger partial charge is 0.490 e. The van der Waals surface area contributed by atoms with Crippen LogP contribution in [-0.4, -0.2) is 42.4 Å². The topological polar surface area (TPSA) is 84.7 Å². The molecule has 1 heterocycles. The monoisotopic (exact) mass is 251 g/mol. The fourth-order valence-electron chi connectivity index (χ4n) is 2.13. The third kappa shape index (κ3) is 3.51. The van der Waals surface area contributed by atoms with Crippen LogP contribution in [0.15, 0.2) is 18.2 Å². The second-order valence-electron chi connectivity index (χ2n) is 4.72. The molecule has 5 nitrogen and oxygen atoms in total. The van der Waals surface area contributed by atoms with Crippen molar-refractivity contribution in [3.63, 3.8) is 0 Å². The Morgan fingerprint density at radius 2 is 2.00 bits per heavy atom. The molecule has 0 radical (unpaired) electrons. The lowest BCUT2D eigenvalue weighted by Crippen LogP contribution is -2.38. The number of hydrogen-bond donors (Lipinski definition) is 3. The molecule has 0 saturated carbocycles. The average molecular weight is 251 g/mol. The van der Waals surface area contributed by atoms with Gasteiger partial charge in [-0.25, -0.2) is 0 Å². The molecule has 1 fully saturated rings. The molecule has 1 aromatic rings. The van der Waals surface area contributed by atoms with Crippen molar-refractivity contribution < 1.29 is 9.84 Å². The van der Waals surface area contributed by atoms with E-state index in [1.165, 1.54) is 0 Å². The fourth-order valence-corrected chi connectivity index (χ4v) is 2.13. The number of nitrogens with zero attached hydrogens (tertiary/aromatic N) is 1. The molecule has 0 amide bonds. The maximum absolute atomic E-state index is 9.41. The third-order valence-electron chi connectivity index (χ3n) is 3.26. The van der Waals surface area contributed by atoms with Gasteiger partial charge in [-0.15, -0.1) is 0 Å². The lowest BCUT2D eigenvalue weighted by atomic mass is 10.1. The summed E-state index contributed by atoms with van der Waals surface area (Å²) in [5.74, 6) is 0.682. The summed E-state index contributed by atoms with van der Waals surface area (Å²) >= 11 is 0. The number of rotatable bonds is 4. The molecular formula is C13H21N3O2. The van der Waals surface area contributed by atoms with Gasteiger partial charge in [-0.3, -0.25) is 4.90 Å². The Bertz CT molecular complexity index is 390. The minimum absolute atomic E-state index is 0.130. The number of aliphatic hydroxyl groups is 1. The van der Waals surface area contributed by atoms with E-state index >= 15 is 0 Å². The number of piperidine rings is 1. The van der Waals surface area contributed by atoms with E-state index in [0.29, 0.717) is 23.7 Å². The minimum atomic E-state index is -0.130. The molecule has 1 aliphatic rings. The molecule has 0 aromatic heterocycles. The van der Waals surface area contributed by atoms with Gasteiger partial charge in [-0.05, 0) is 31.0 Å². The Labute approximate surface area is 107 Å². The molecule has 1 saturated heterocycles. The van der Waals surface area contributed by atoms with Crippen LogP contribution in [0.5, 0.6) is 5.75 Å². The molecule has 0 atom stereocenters. The van der Waals surface area contributed by atoms with Crippen LogP contribution >= 0.6 is 0 Å². The number of ether oxygens (including phenoxy) is 1. The zero-order chi connectivity index (χ0) is 13.0. The normalized spacial score (nSPS) is 17.8. The van der Waals surface area contributed by atoms with Crippen LogP contribution in [0.3, 0.4) is 0 Å². The molecule has 1 aliphatic heterocycles. The molecule has 2 rings (SSSR count). The maximum Gasteiger partial charge on any atom is 0.142 e. The summed E-state index contributed by atoms with van der Waals surface area (Å²) in [5, 5.41) is 9.41. The number of likely N-dealkylation sites (tertiary alicyclic amines) is 1. The molecule has 5 N–H and O–H groups in total. The van der Waals surface area contributed by atoms with Crippen LogP contribution in [0.4, 0.5) is 11.4 Å². The molecule has 100 valence electrons. The van der Waals surface area contributed by atoms with Crippen LogP contribution in [-0.2, 0) is 0 Å². The molecular weight excluding hydrogens is 230 g/mol. The van der Waals surface area contributed by atoms with Crippen LogP contribution in [0.25, 0.3) is 0 Å². The van der Waals surface area contributed by atoms with Crippen molar-refractivity contribution in [1.82, 2.24) is 4.90 Å². The molecule has 1 aromatic carbocycles. The molecule has 0 unspecified atom stereocenters. The summed E-state index contributed by atoms with van der Waals surface area (Å²) in [6.07, 6.45) is 1.57. The fraction of sp³-hybridized carbons (Fsp3) is 0.538. The second kappa shape index (κ2) is 5.93. The standard InChI is InChI=1S/C13H21N3O2/c14-10-1-2-13(12(15)9-10)18-8-7-16-5-3-11(17)4-6-16/h1-2,9,11,17H,3-8,14-15H2. The number of anilines is 2. The number of hydrogen-bond acceptors (Lipinski definition) is 5. The van der Waals surface area contributed by atoms with Gasteiger partial charge in [0.1, 0.15) is 12.4 Å². The van der Waals surface area contributed by atoms with Gasteiger partial charge >= 0.3 is 0 Å². The zero-order valence-electron chi connectivity index (χ0n) is 10.5. The van der Waals surface area contributed by atoms with E-state index < -0.39 is 0 Å². The highest BCUT2D eigenvalue weighted by molar-refractivity contribution is 5.60. The Morgan fingerprint density at radius 1 is 1.28 bits per heavy atom.